The number of nitrogens with one attached hydrogen (secondary N) is 1. The smallest absolute Gasteiger partial charge is 0.341 e. The van der Waals surface area contributed by atoms with Gasteiger partial charge in [0.2, 0.25) is 5.91 Å². The molecule has 1 unspecified atom stereocenters. The second kappa shape index (κ2) is 6.99. The van der Waals surface area contributed by atoms with E-state index in [0.717, 1.165) is 6.42 Å². The van der Waals surface area contributed by atoms with E-state index in [9.17, 15) is 18.0 Å². The fourth-order valence-electron chi connectivity index (χ4n) is 2.47. The van der Waals surface area contributed by atoms with Crippen LogP contribution in [0.15, 0.2) is 18.2 Å². The largest absolute Gasteiger partial charge is 0.482 e. The molecule has 1 aliphatic rings. The molecule has 1 amide bonds. The number of carboxylic acids is 1. The number of aryl methyl sites for hydroxylation is 1. The highest BCUT2D eigenvalue weighted by Crippen LogP contribution is 2.24. The first-order chi connectivity index (χ1) is 10.8. The zero-order chi connectivity index (χ0) is 17.0. The summed E-state index contributed by atoms with van der Waals surface area (Å²) in [5.74, 6) is -1.19. The number of carbonyl (C=O) groups excluding carboxylic acids is 1. The topological polar surface area (TPSA) is 110 Å². The number of aliphatic carboxylic acids is 1. The van der Waals surface area contributed by atoms with E-state index in [2.05, 4.69) is 5.32 Å². The van der Waals surface area contributed by atoms with Crippen LogP contribution in [0, 0.1) is 6.92 Å². The van der Waals surface area contributed by atoms with Gasteiger partial charge >= 0.3 is 5.97 Å². The lowest BCUT2D eigenvalue weighted by atomic mass is 10.1. The van der Waals surface area contributed by atoms with E-state index in [0.29, 0.717) is 29.8 Å². The van der Waals surface area contributed by atoms with Crippen LogP contribution in [0.4, 0.5) is 5.69 Å². The molecule has 1 aromatic carbocycles. The molecule has 2 N–H and O–H groups in total. The van der Waals surface area contributed by atoms with Crippen molar-refractivity contribution < 1.29 is 27.9 Å². The Labute approximate surface area is 134 Å². The van der Waals surface area contributed by atoms with Crippen molar-refractivity contribution in [2.24, 2.45) is 0 Å². The number of benzene rings is 1. The van der Waals surface area contributed by atoms with E-state index in [-0.39, 0.29) is 5.75 Å². The van der Waals surface area contributed by atoms with Crippen LogP contribution < -0.4 is 10.1 Å². The second-order valence-electron chi connectivity index (χ2n) is 5.50. The molecule has 0 saturated carbocycles. The van der Waals surface area contributed by atoms with Gasteiger partial charge in [0.15, 0.2) is 16.4 Å². The molecule has 0 aliphatic carbocycles. The Kier molecular flexibility index (Phi) is 5.25. The summed E-state index contributed by atoms with van der Waals surface area (Å²) in [6, 6.07) is 4.69. The van der Waals surface area contributed by atoms with E-state index >= 15 is 0 Å². The number of anilines is 1. The highest BCUT2D eigenvalue weighted by Gasteiger charge is 2.34. The molecule has 8 heteroatoms. The summed E-state index contributed by atoms with van der Waals surface area (Å²) in [5.41, 5.74) is 1.15. The molecule has 126 valence electrons. The second-order valence-corrected chi connectivity index (χ2v) is 7.80. The van der Waals surface area contributed by atoms with E-state index in [1.807, 2.05) is 0 Å². The lowest BCUT2D eigenvalue weighted by molar-refractivity contribution is -0.139. The van der Waals surface area contributed by atoms with E-state index in [1.54, 1.807) is 19.1 Å². The molecule has 0 bridgehead atoms. The zero-order valence-electron chi connectivity index (χ0n) is 12.7. The summed E-state index contributed by atoms with van der Waals surface area (Å²) >= 11 is 0. The predicted molar refractivity (Wildman–Crippen MR) is 84.4 cm³/mol. The minimum absolute atomic E-state index is 0.0477. The van der Waals surface area contributed by atoms with Gasteiger partial charge in [0.05, 0.1) is 5.75 Å². The van der Waals surface area contributed by atoms with E-state index < -0.39 is 33.6 Å². The van der Waals surface area contributed by atoms with Gasteiger partial charge in [-0.15, -0.1) is 0 Å². The van der Waals surface area contributed by atoms with Gasteiger partial charge in [-0.25, -0.2) is 13.2 Å². The lowest BCUT2D eigenvalue weighted by Gasteiger charge is -2.22. The average molecular weight is 341 g/mol. The highest BCUT2D eigenvalue weighted by atomic mass is 32.2. The summed E-state index contributed by atoms with van der Waals surface area (Å²) in [7, 11) is -3.38. The summed E-state index contributed by atoms with van der Waals surface area (Å²) in [6.07, 6.45) is 1.66. The Hall–Kier alpha value is -2.09. The molecule has 1 atom stereocenters. The lowest BCUT2D eigenvalue weighted by Crippen LogP contribution is -2.39. The van der Waals surface area contributed by atoms with Crippen LogP contribution in [0.3, 0.4) is 0 Å². The Morgan fingerprint density at radius 3 is 2.70 bits per heavy atom. The molecule has 0 radical (unpaired) electrons. The summed E-state index contributed by atoms with van der Waals surface area (Å²) in [6.45, 7) is 1.27. The average Bonchev–Trinajstić information content (AvgIpc) is 2.47. The van der Waals surface area contributed by atoms with Crippen molar-refractivity contribution in [3.8, 4) is 5.75 Å². The van der Waals surface area contributed by atoms with Crippen molar-refractivity contribution in [2.75, 3.05) is 17.7 Å². The van der Waals surface area contributed by atoms with Crippen molar-refractivity contribution in [3.05, 3.63) is 23.8 Å². The van der Waals surface area contributed by atoms with Gasteiger partial charge in [-0.1, -0.05) is 6.42 Å². The van der Waals surface area contributed by atoms with Crippen LogP contribution >= 0.6 is 0 Å². The first-order valence-electron chi connectivity index (χ1n) is 7.27. The first kappa shape index (κ1) is 17.3. The maximum Gasteiger partial charge on any atom is 0.341 e. The number of amides is 1. The summed E-state index contributed by atoms with van der Waals surface area (Å²) in [4.78, 5) is 22.7. The third-order valence-corrected chi connectivity index (χ3v) is 5.86. The van der Waals surface area contributed by atoms with Crippen LogP contribution in [0.2, 0.25) is 0 Å². The number of sulfone groups is 1. The normalized spacial score (nSPS) is 19.8. The standard InChI is InChI=1S/C15H19NO6S/c1-10-8-11(22-9-14(17)18)5-6-12(10)16-15(19)13-4-2-3-7-23(13,20)21/h5-6,8,13H,2-4,7,9H2,1H3,(H,16,19)(H,17,18). The molecule has 0 aromatic heterocycles. The number of ether oxygens (including phenoxy) is 1. The van der Waals surface area contributed by atoms with Gasteiger partial charge in [0.25, 0.3) is 0 Å². The Balaban J connectivity index is 2.07. The molecule has 1 saturated heterocycles. The van der Waals surface area contributed by atoms with Crippen LogP contribution in [0.5, 0.6) is 5.75 Å². The fraction of sp³-hybridized carbons (Fsp3) is 0.467. The van der Waals surface area contributed by atoms with Crippen molar-refractivity contribution >= 4 is 27.4 Å². The molecule has 1 heterocycles. The first-order valence-corrected chi connectivity index (χ1v) is 8.99. The molecule has 1 aromatic rings. The number of carbonyl (C=O) groups is 2. The molecule has 0 spiro atoms. The summed E-state index contributed by atoms with van der Waals surface area (Å²) < 4.78 is 29.0. The minimum atomic E-state index is -3.38. The number of carboxylic acid groups (broad SMARTS) is 1. The van der Waals surface area contributed by atoms with Gasteiger partial charge in [-0.05, 0) is 43.5 Å². The van der Waals surface area contributed by atoms with Gasteiger partial charge in [-0.2, -0.15) is 0 Å². The van der Waals surface area contributed by atoms with Gasteiger partial charge in [0, 0.05) is 5.69 Å². The Morgan fingerprint density at radius 2 is 2.09 bits per heavy atom. The van der Waals surface area contributed by atoms with Crippen LogP contribution in [0.1, 0.15) is 24.8 Å². The van der Waals surface area contributed by atoms with Crippen molar-refractivity contribution in [1.82, 2.24) is 0 Å². The SMILES string of the molecule is Cc1cc(OCC(=O)O)ccc1NC(=O)C1CCCCS1(=O)=O. The predicted octanol–water partition coefficient (Wildman–Crippen LogP) is 1.36. The number of hydrogen-bond donors (Lipinski definition) is 2. The molecule has 2 rings (SSSR count). The van der Waals surface area contributed by atoms with Crippen LogP contribution in [-0.2, 0) is 19.4 Å². The minimum Gasteiger partial charge on any atom is -0.482 e. The monoisotopic (exact) mass is 341 g/mol. The van der Waals surface area contributed by atoms with Crippen molar-refractivity contribution in [2.45, 2.75) is 31.4 Å². The van der Waals surface area contributed by atoms with Crippen molar-refractivity contribution in [3.63, 3.8) is 0 Å². The molecule has 1 aliphatic heterocycles. The third kappa shape index (κ3) is 4.44. The quantitative estimate of drug-likeness (QED) is 0.837. The van der Waals surface area contributed by atoms with E-state index in [4.69, 9.17) is 9.84 Å². The molecular weight excluding hydrogens is 322 g/mol. The zero-order valence-corrected chi connectivity index (χ0v) is 13.6. The number of rotatable bonds is 5. The Bertz CT molecular complexity index is 713. The van der Waals surface area contributed by atoms with Crippen LogP contribution in [-0.4, -0.2) is 43.0 Å². The van der Waals surface area contributed by atoms with E-state index in [1.165, 1.54) is 6.07 Å². The molecule has 7 nitrogen and oxygen atoms in total. The van der Waals surface area contributed by atoms with Gasteiger partial charge in [0.1, 0.15) is 11.0 Å². The maximum atomic E-state index is 12.2. The molecular formula is C15H19NO6S. The Morgan fingerprint density at radius 1 is 1.35 bits per heavy atom. The third-order valence-electron chi connectivity index (χ3n) is 3.69. The van der Waals surface area contributed by atoms with Crippen LogP contribution in [0.25, 0.3) is 0 Å². The fourth-order valence-corrected chi connectivity index (χ4v) is 4.28. The van der Waals surface area contributed by atoms with Crippen molar-refractivity contribution in [1.29, 1.82) is 0 Å². The molecule has 23 heavy (non-hydrogen) atoms. The van der Waals surface area contributed by atoms with Gasteiger partial charge < -0.3 is 15.2 Å². The summed E-state index contributed by atoms with van der Waals surface area (Å²) in [5, 5.41) is 10.2. The van der Waals surface area contributed by atoms with Gasteiger partial charge in [-0.3, -0.25) is 4.79 Å². The highest BCUT2D eigenvalue weighted by molar-refractivity contribution is 7.92. The maximum absolute atomic E-state index is 12.2. The molecule has 1 fully saturated rings. The number of hydrogen-bond acceptors (Lipinski definition) is 5.